The molecule has 104 valence electrons. The normalized spacial score (nSPS) is 11.8. The average Bonchev–Trinajstić information content (AvgIpc) is 2.70. The Kier molecular flexibility index (Phi) is 4.37. The number of rotatable bonds is 6. The van der Waals surface area contributed by atoms with Crippen LogP contribution < -0.4 is 5.73 Å². The standard InChI is InChI=1S/C14H23N5/c1-11(2)18(3)8-4-5-9-19-13-6-7-16-10-12(13)17-14(19)15/h6-7,10-11H,4-5,8-9H2,1-3H3,(H2,15,17). The van der Waals surface area contributed by atoms with Crippen LogP contribution in [0.1, 0.15) is 26.7 Å². The number of unbranched alkanes of at least 4 members (excludes halogenated alkanes) is 1. The van der Waals surface area contributed by atoms with Gasteiger partial charge in [0.2, 0.25) is 5.95 Å². The minimum Gasteiger partial charge on any atom is -0.369 e. The van der Waals surface area contributed by atoms with Crippen molar-refractivity contribution in [2.45, 2.75) is 39.3 Å². The number of aryl methyl sites for hydroxylation is 1. The summed E-state index contributed by atoms with van der Waals surface area (Å²) in [4.78, 5) is 10.8. The van der Waals surface area contributed by atoms with E-state index < -0.39 is 0 Å². The molecule has 0 bridgehead atoms. The van der Waals surface area contributed by atoms with Crippen molar-refractivity contribution in [2.75, 3.05) is 19.3 Å². The van der Waals surface area contributed by atoms with E-state index in [1.54, 1.807) is 12.4 Å². The molecule has 19 heavy (non-hydrogen) atoms. The Morgan fingerprint density at radius 3 is 2.89 bits per heavy atom. The van der Waals surface area contributed by atoms with Gasteiger partial charge in [0.1, 0.15) is 5.52 Å². The van der Waals surface area contributed by atoms with Gasteiger partial charge in [0, 0.05) is 18.8 Å². The van der Waals surface area contributed by atoms with Crippen LogP contribution >= 0.6 is 0 Å². The van der Waals surface area contributed by atoms with Crippen LogP contribution in [0, 0.1) is 0 Å². The van der Waals surface area contributed by atoms with Gasteiger partial charge in [0.15, 0.2) is 0 Å². The molecule has 0 aliphatic heterocycles. The molecule has 2 rings (SSSR count). The van der Waals surface area contributed by atoms with Gasteiger partial charge in [-0.15, -0.1) is 0 Å². The van der Waals surface area contributed by atoms with Crippen LogP contribution in [0.3, 0.4) is 0 Å². The maximum atomic E-state index is 5.96. The Bertz CT molecular complexity index is 532. The molecule has 0 saturated heterocycles. The van der Waals surface area contributed by atoms with Gasteiger partial charge in [-0.1, -0.05) is 0 Å². The van der Waals surface area contributed by atoms with Gasteiger partial charge in [-0.25, -0.2) is 4.98 Å². The number of nitrogens with two attached hydrogens (primary N) is 1. The molecule has 0 atom stereocenters. The zero-order valence-electron chi connectivity index (χ0n) is 12.0. The lowest BCUT2D eigenvalue weighted by atomic mass is 10.2. The molecule has 0 spiro atoms. The summed E-state index contributed by atoms with van der Waals surface area (Å²) in [5.41, 5.74) is 7.91. The van der Waals surface area contributed by atoms with E-state index >= 15 is 0 Å². The molecule has 2 aromatic rings. The van der Waals surface area contributed by atoms with Crippen molar-refractivity contribution in [3.8, 4) is 0 Å². The fraction of sp³-hybridized carbons (Fsp3) is 0.571. The highest BCUT2D eigenvalue weighted by Crippen LogP contribution is 2.17. The van der Waals surface area contributed by atoms with Crippen molar-refractivity contribution in [1.82, 2.24) is 19.4 Å². The van der Waals surface area contributed by atoms with Crippen molar-refractivity contribution in [3.05, 3.63) is 18.5 Å². The number of fused-ring (bicyclic) bond motifs is 1. The van der Waals surface area contributed by atoms with Gasteiger partial charge >= 0.3 is 0 Å². The Balaban J connectivity index is 1.93. The first-order chi connectivity index (χ1) is 9.09. The maximum Gasteiger partial charge on any atom is 0.201 e. The summed E-state index contributed by atoms with van der Waals surface area (Å²) in [7, 11) is 2.16. The molecule has 0 unspecified atom stereocenters. The number of nitrogens with zero attached hydrogens (tertiary/aromatic N) is 4. The second-order valence-corrected chi connectivity index (χ2v) is 5.27. The third kappa shape index (κ3) is 3.23. The Labute approximate surface area is 114 Å². The number of imidazole rings is 1. The smallest absolute Gasteiger partial charge is 0.201 e. The van der Waals surface area contributed by atoms with Crippen LogP contribution in [0.5, 0.6) is 0 Å². The topological polar surface area (TPSA) is 60.0 Å². The van der Waals surface area contributed by atoms with Crippen molar-refractivity contribution >= 4 is 17.0 Å². The van der Waals surface area contributed by atoms with E-state index in [1.807, 2.05) is 6.07 Å². The number of aromatic nitrogens is 3. The average molecular weight is 261 g/mol. The summed E-state index contributed by atoms with van der Waals surface area (Å²) < 4.78 is 2.08. The van der Waals surface area contributed by atoms with E-state index in [9.17, 15) is 0 Å². The molecule has 0 aromatic carbocycles. The fourth-order valence-electron chi connectivity index (χ4n) is 2.12. The van der Waals surface area contributed by atoms with E-state index in [2.05, 4.69) is 40.3 Å². The third-order valence-corrected chi connectivity index (χ3v) is 3.60. The number of anilines is 1. The number of hydrogen-bond donors (Lipinski definition) is 1. The van der Waals surface area contributed by atoms with Crippen molar-refractivity contribution in [1.29, 1.82) is 0 Å². The summed E-state index contributed by atoms with van der Waals surface area (Å²) in [5.74, 6) is 0.584. The SMILES string of the molecule is CC(C)N(C)CCCCn1c(N)nc2cnccc21. The summed E-state index contributed by atoms with van der Waals surface area (Å²) in [6, 6.07) is 2.57. The predicted octanol–water partition coefficient (Wildman–Crippen LogP) is 2.13. The van der Waals surface area contributed by atoms with Gasteiger partial charge in [-0.05, 0) is 46.3 Å². The molecule has 0 radical (unpaired) electrons. The molecule has 2 aromatic heterocycles. The summed E-state index contributed by atoms with van der Waals surface area (Å²) in [6.45, 7) is 6.47. The van der Waals surface area contributed by atoms with Crippen LogP contribution in [-0.2, 0) is 6.54 Å². The zero-order chi connectivity index (χ0) is 13.8. The summed E-state index contributed by atoms with van der Waals surface area (Å²) in [6.07, 6.45) is 5.81. The minimum absolute atomic E-state index is 0.584. The van der Waals surface area contributed by atoms with Gasteiger partial charge in [-0.2, -0.15) is 0 Å². The molecular formula is C14H23N5. The molecule has 0 fully saturated rings. The second kappa shape index (κ2) is 6.02. The largest absolute Gasteiger partial charge is 0.369 e. The van der Waals surface area contributed by atoms with Crippen LogP contribution in [-0.4, -0.2) is 39.1 Å². The van der Waals surface area contributed by atoms with E-state index in [1.165, 1.54) is 6.42 Å². The van der Waals surface area contributed by atoms with Crippen molar-refractivity contribution in [2.24, 2.45) is 0 Å². The number of hydrogen-bond acceptors (Lipinski definition) is 4. The fourth-order valence-corrected chi connectivity index (χ4v) is 2.12. The Hall–Kier alpha value is -1.62. The molecule has 5 nitrogen and oxygen atoms in total. The first-order valence-electron chi connectivity index (χ1n) is 6.85. The third-order valence-electron chi connectivity index (χ3n) is 3.60. The van der Waals surface area contributed by atoms with Gasteiger partial charge in [0.25, 0.3) is 0 Å². The van der Waals surface area contributed by atoms with E-state index in [0.717, 1.165) is 30.5 Å². The van der Waals surface area contributed by atoms with Crippen LogP contribution in [0.15, 0.2) is 18.5 Å². The lowest BCUT2D eigenvalue weighted by Gasteiger charge is -2.20. The van der Waals surface area contributed by atoms with E-state index in [0.29, 0.717) is 12.0 Å². The Morgan fingerprint density at radius 1 is 1.37 bits per heavy atom. The van der Waals surface area contributed by atoms with Crippen LogP contribution in [0.25, 0.3) is 11.0 Å². The van der Waals surface area contributed by atoms with Crippen LogP contribution in [0.4, 0.5) is 5.95 Å². The van der Waals surface area contributed by atoms with Crippen LogP contribution in [0.2, 0.25) is 0 Å². The quantitative estimate of drug-likeness (QED) is 0.809. The minimum atomic E-state index is 0.584. The van der Waals surface area contributed by atoms with Crippen molar-refractivity contribution < 1.29 is 0 Å². The highest BCUT2D eigenvalue weighted by atomic mass is 15.2. The highest BCUT2D eigenvalue weighted by molar-refractivity contribution is 5.76. The summed E-state index contributed by atoms with van der Waals surface area (Å²) in [5, 5.41) is 0. The van der Waals surface area contributed by atoms with E-state index in [-0.39, 0.29) is 0 Å². The maximum absolute atomic E-state index is 5.96. The molecule has 0 amide bonds. The first-order valence-corrected chi connectivity index (χ1v) is 6.85. The first kappa shape index (κ1) is 13.8. The van der Waals surface area contributed by atoms with Gasteiger partial charge in [0.05, 0.1) is 11.7 Å². The Morgan fingerprint density at radius 2 is 2.16 bits per heavy atom. The monoisotopic (exact) mass is 261 g/mol. The predicted molar refractivity (Wildman–Crippen MR) is 78.9 cm³/mol. The highest BCUT2D eigenvalue weighted by Gasteiger charge is 2.08. The van der Waals surface area contributed by atoms with E-state index in [4.69, 9.17) is 5.73 Å². The van der Waals surface area contributed by atoms with Gasteiger partial charge < -0.3 is 15.2 Å². The molecule has 2 heterocycles. The lowest BCUT2D eigenvalue weighted by molar-refractivity contribution is 0.266. The number of nitrogen functional groups attached to an aromatic ring is 1. The number of pyridine rings is 1. The summed E-state index contributed by atoms with van der Waals surface area (Å²) >= 11 is 0. The molecule has 0 aliphatic rings. The second-order valence-electron chi connectivity index (χ2n) is 5.27. The molecular weight excluding hydrogens is 238 g/mol. The van der Waals surface area contributed by atoms with Gasteiger partial charge in [-0.3, -0.25) is 4.98 Å². The molecule has 0 saturated carbocycles. The molecule has 5 heteroatoms. The van der Waals surface area contributed by atoms with Crippen molar-refractivity contribution in [3.63, 3.8) is 0 Å². The zero-order valence-corrected chi connectivity index (χ0v) is 12.0. The lowest BCUT2D eigenvalue weighted by Crippen LogP contribution is -2.27. The molecule has 2 N–H and O–H groups in total. The molecule has 0 aliphatic carbocycles.